The third-order valence-electron chi connectivity index (χ3n) is 2.11. The first-order valence-electron chi connectivity index (χ1n) is 4.88. The topological polar surface area (TPSA) is 64.1 Å². The fraction of sp³-hybridized carbons (Fsp3) is 0.700. The molecule has 4 heteroatoms. The van der Waals surface area contributed by atoms with Crippen molar-refractivity contribution >= 4 is 0 Å². The van der Waals surface area contributed by atoms with Crippen LogP contribution in [0.2, 0.25) is 0 Å². The average molecular weight is 197 g/mol. The van der Waals surface area contributed by atoms with Crippen LogP contribution in [0.1, 0.15) is 38.9 Å². The highest BCUT2D eigenvalue weighted by Gasteiger charge is 2.16. The van der Waals surface area contributed by atoms with Crippen LogP contribution in [0.5, 0.6) is 0 Å². The van der Waals surface area contributed by atoms with E-state index in [4.69, 9.17) is 5.73 Å². The highest BCUT2D eigenvalue weighted by molar-refractivity contribution is 5.08. The monoisotopic (exact) mass is 197 g/mol. The molecule has 1 atom stereocenters. The number of nitrogens with zero attached hydrogens (tertiary/aromatic N) is 2. The van der Waals surface area contributed by atoms with Crippen LogP contribution in [0.4, 0.5) is 0 Å². The van der Waals surface area contributed by atoms with Crippen molar-refractivity contribution in [1.29, 1.82) is 0 Å². The Hall–Kier alpha value is -0.870. The minimum atomic E-state index is -0.490. The van der Waals surface area contributed by atoms with Crippen molar-refractivity contribution in [3.8, 4) is 0 Å². The van der Waals surface area contributed by atoms with Crippen molar-refractivity contribution in [3.63, 3.8) is 0 Å². The van der Waals surface area contributed by atoms with Crippen LogP contribution in [0, 0.1) is 0 Å². The normalized spacial score (nSPS) is 14.4. The summed E-state index contributed by atoms with van der Waals surface area (Å²) in [5, 5.41) is 13.9. The van der Waals surface area contributed by atoms with E-state index >= 15 is 0 Å². The molecular formula is C10H19N3O. The second-order valence-electron chi connectivity index (χ2n) is 4.48. The maximum atomic E-state index is 9.67. The molecule has 0 aliphatic rings. The van der Waals surface area contributed by atoms with Crippen LogP contribution < -0.4 is 5.73 Å². The highest BCUT2D eigenvalue weighted by atomic mass is 16.3. The molecule has 0 spiro atoms. The molecule has 3 N–H and O–H groups in total. The second-order valence-corrected chi connectivity index (χ2v) is 4.48. The molecule has 0 amide bonds. The lowest BCUT2D eigenvalue weighted by atomic mass is 10.1. The number of rotatable bonds is 3. The Balaban J connectivity index is 2.78. The van der Waals surface area contributed by atoms with E-state index in [1.165, 1.54) is 0 Å². The van der Waals surface area contributed by atoms with E-state index in [2.05, 4.69) is 25.9 Å². The van der Waals surface area contributed by atoms with Crippen LogP contribution >= 0.6 is 0 Å². The third-order valence-corrected chi connectivity index (χ3v) is 2.11. The Morgan fingerprint density at radius 1 is 1.57 bits per heavy atom. The van der Waals surface area contributed by atoms with Crippen LogP contribution in [0.15, 0.2) is 12.4 Å². The average Bonchev–Trinajstić information content (AvgIpc) is 2.51. The molecule has 1 aromatic rings. The maximum Gasteiger partial charge on any atom is 0.0832 e. The zero-order valence-electron chi connectivity index (χ0n) is 9.07. The lowest BCUT2D eigenvalue weighted by Gasteiger charge is -2.18. The van der Waals surface area contributed by atoms with Crippen molar-refractivity contribution in [1.82, 2.24) is 9.78 Å². The first kappa shape index (κ1) is 11.2. The molecule has 1 aromatic heterocycles. The molecule has 1 unspecified atom stereocenters. The zero-order valence-corrected chi connectivity index (χ0v) is 9.07. The minimum absolute atomic E-state index is 0.0410. The Kier molecular flexibility index (Phi) is 3.29. The third kappa shape index (κ3) is 2.56. The standard InChI is InChI=1S/C10H19N3O/c1-10(2,3)13-7-8(6-12-13)9(14)4-5-11/h6-7,9,14H,4-5,11H2,1-3H3. The van der Waals surface area contributed by atoms with E-state index in [9.17, 15) is 5.11 Å². The summed E-state index contributed by atoms with van der Waals surface area (Å²) >= 11 is 0. The van der Waals surface area contributed by atoms with Gasteiger partial charge in [-0.3, -0.25) is 4.68 Å². The molecule has 4 nitrogen and oxygen atoms in total. The lowest BCUT2D eigenvalue weighted by Crippen LogP contribution is -2.22. The Labute approximate surface area is 84.7 Å². The molecule has 1 rings (SSSR count). The lowest BCUT2D eigenvalue weighted by molar-refractivity contribution is 0.170. The van der Waals surface area contributed by atoms with Crippen molar-refractivity contribution in [2.24, 2.45) is 5.73 Å². The number of nitrogens with two attached hydrogens (primary N) is 1. The van der Waals surface area contributed by atoms with Gasteiger partial charge in [-0.25, -0.2) is 0 Å². The molecule has 14 heavy (non-hydrogen) atoms. The highest BCUT2D eigenvalue weighted by Crippen LogP contribution is 2.19. The van der Waals surface area contributed by atoms with E-state index < -0.39 is 6.10 Å². The van der Waals surface area contributed by atoms with E-state index in [0.29, 0.717) is 13.0 Å². The van der Waals surface area contributed by atoms with Crippen LogP contribution in [0.3, 0.4) is 0 Å². The van der Waals surface area contributed by atoms with Crippen molar-refractivity contribution in [2.75, 3.05) is 6.54 Å². The van der Waals surface area contributed by atoms with Gasteiger partial charge in [0.15, 0.2) is 0 Å². The molecule has 0 saturated carbocycles. The molecule has 0 aliphatic heterocycles. The number of hydrogen-bond acceptors (Lipinski definition) is 3. The van der Waals surface area contributed by atoms with Gasteiger partial charge < -0.3 is 10.8 Å². The van der Waals surface area contributed by atoms with Gasteiger partial charge >= 0.3 is 0 Å². The van der Waals surface area contributed by atoms with Crippen molar-refractivity contribution in [3.05, 3.63) is 18.0 Å². The predicted molar refractivity (Wildman–Crippen MR) is 55.9 cm³/mol. The van der Waals surface area contributed by atoms with Crippen molar-refractivity contribution in [2.45, 2.75) is 38.8 Å². The Bertz CT molecular complexity index is 288. The molecule has 0 radical (unpaired) electrons. The van der Waals surface area contributed by atoms with E-state index in [0.717, 1.165) is 5.56 Å². The molecule has 1 heterocycles. The molecular weight excluding hydrogens is 178 g/mol. The molecule has 80 valence electrons. The zero-order chi connectivity index (χ0) is 10.8. The number of hydrogen-bond donors (Lipinski definition) is 2. The summed E-state index contributed by atoms with van der Waals surface area (Å²) in [5.41, 5.74) is 6.17. The van der Waals surface area contributed by atoms with E-state index in [-0.39, 0.29) is 5.54 Å². The van der Waals surface area contributed by atoms with Crippen LogP contribution in [-0.2, 0) is 5.54 Å². The van der Waals surface area contributed by atoms with Gasteiger partial charge in [-0.05, 0) is 33.7 Å². The van der Waals surface area contributed by atoms with Gasteiger partial charge in [0.1, 0.15) is 0 Å². The Morgan fingerprint density at radius 3 is 2.64 bits per heavy atom. The van der Waals surface area contributed by atoms with Crippen LogP contribution in [0.25, 0.3) is 0 Å². The summed E-state index contributed by atoms with van der Waals surface area (Å²) in [6, 6.07) is 0. The van der Waals surface area contributed by atoms with Gasteiger partial charge in [-0.2, -0.15) is 5.10 Å². The largest absolute Gasteiger partial charge is 0.388 e. The summed E-state index contributed by atoms with van der Waals surface area (Å²) < 4.78 is 1.85. The van der Waals surface area contributed by atoms with Gasteiger partial charge in [0.25, 0.3) is 0 Å². The minimum Gasteiger partial charge on any atom is -0.388 e. The van der Waals surface area contributed by atoms with E-state index in [1.54, 1.807) is 6.20 Å². The molecule has 0 fully saturated rings. The number of aromatic nitrogens is 2. The quantitative estimate of drug-likeness (QED) is 0.760. The molecule has 0 bridgehead atoms. The Morgan fingerprint density at radius 2 is 2.21 bits per heavy atom. The van der Waals surface area contributed by atoms with Gasteiger partial charge in [0, 0.05) is 11.8 Å². The summed E-state index contributed by atoms with van der Waals surface area (Å²) in [7, 11) is 0. The number of aliphatic hydroxyl groups excluding tert-OH is 1. The fourth-order valence-corrected chi connectivity index (χ4v) is 1.20. The summed E-state index contributed by atoms with van der Waals surface area (Å²) in [6.07, 6.45) is 3.66. The van der Waals surface area contributed by atoms with Gasteiger partial charge in [-0.1, -0.05) is 0 Å². The first-order chi connectivity index (χ1) is 6.45. The second kappa shape index (κ2) is 4.11. The smallest absolute Gasteiger partial charge is 0.0832 e. The van der Waals surface area contributed by atoms with Gasteiger partial charge in [0.2, 0.25) is 0 Å². The maximum absolute atomic E-state index is 9.67. The molecule has 0 aromatic carbocycles. The van der Waals surface area contributed by atoms with Gasteiger partial charge in [-0.15, -0.1) is 0 Å². The summed E-state index contributed by atoms with van der Waals surface area (Å²) in [6.45, 7) is 6.69. The molecule has 0 aliphatic carbocycles. The van der Waals surface area contributed by atoms with Crippen molar-refractivity contribution < 1.29 is 5.11 Å². The SMILES string of the molecule is CC(C)(C)n1cc(C(O)CCN)cn1. The number of aliphatic hydroxyl groups is 1. The summed E-state index contributed by atoms with van der Waals surface area (Å²) in [4.78, 5) is 0. The predicted octanol–water partition coefficient (Wildman–Crippen LogP) is 1.02. The van der Waals surface area contributed by atoms with Crippen LogP contribution in [-0.4, -0.2) is 21.4 Å². The fourth-order valence-electron chi connectivity index (χ4n) is 1.20. The van der Waals surface area contributed by atoms with Gasteiger partial charge in [0.05, 0.1) is 17.8 Å². The summed E-state index contributed by atoms with van der Waals surface area (Å²) in [5.74, 6) is 0. The first-order valence-corrected chi connectivity index (χ1v) is 4.88. The van der Waals surface area contributed by atoms with E-state index in [1.807, 2.05) is 10.9 Å². The molecule has 0 saturated heterocycles.